The first-order chi connectivity index (χ1) is 10.1. The summed E-state index contributed by atoms with van der Waals surface area (Å²) in [6, 6.07) is 7.50. The molecule has 1 aliphatic heterocycles. The molecule has 0 aromatic heterocycles. The van der Waals surface area contributed by atoms with Crippen LogP contribution in [-0.4, -0.2) is 50.2 Å². The van der Waals surface area contributed by atoms with Crippen molar-refractivity contribution in [1.82, 2.24) is 10.2 Å². The van der Waals surface area contributed by atoms with Crippen molar-refractivity contribution in [3.8, 4) is 11.5 Å². The molecule has 1 saturated heterocycles. The van der Waals surface area contributed by atoms with Crippen molar-refractivity contribution in [1.29, 1.82) is 0 Å². The maximum atomic E-state index is 12.1. The van der Waals surface area contributed by atoms with Gasteiger partial charge in [-0.15, -0.1) is 0 Å². The Morgan fingerprint density at radius 3 is 2.38 bits per heavy atom. The van der Waals surface area contributed by atoms with E-state index < -0.39 is 6.10 Å². The molecule has 1 N–H and O–H groups in total. The number of nitrogens with one attached hydrogen (secondary N) is 1. The van der Waals surface area contributed by atoms with Crippen molar-refractivity contribution in [3.05, 3.63) is 24.3 Å². The summed E-state index contributed by atoms with van der Waals surface area (Å²) in [7, 11) is 3.72. The van der Waals surface area contributed by atoms with Crippen molar-refractivity contribution >= 4 is 5.91 Å². The summed E-state index contributed by atoms with van der Waals surface area (Å²) in [4.78, 5) is 14.4. The standard InChI is InChI=1S/C16H24N2O3/c1-12(21-15-6-4-14(20-3)5-7-15)16(19)17-13-8-10-18(2)11-9-13/h4-7,12-13H,8-11H2,1-3H3,(H,17,19)/t12-/m1/s1. The van der Waals surface area contributed by atoms with Gasteiger partial charge in [0.05, 0.1) is 7.11 Å². The van der Waals surface area contributed by atoms with Crippen molar-refractivity contribution < 1.29 is 14.3 Å². The van der Waals surface area contributed by atoms with Crippen molar-refractivity contribution in [2.75, 3.05) is 27.2 Å². The molecule has 1 aromatic carbocycles. The molecule has 1 aromatic rings. The molecule has 116 valence electrons. The van der Waals surface area contributed by atoms with Crippen LogP contribution in [0.15, 0.2) is 24.3 Å². The molecule has 5 nitrogen and oxygen atoms in total. The van der Waals surface area contributed by atoms with E-state index in [1.54, 1.807) is 26.2 Å². The average Bonchev–Trinajstić information content (AvgIpc) is 2.50. The molecule has 0 unspecified atom stereocenters. The van der Waals surface area contributed by atoms with Crippen LogP contribution in [0.4, 0.5) is 0 Å². The highest BCUT2D eigenvalue weighted by molar-refractivity contribution is 5.81. The molecule has 1 fully saturated rings. The number of carbonyl (C=O) groups excluding carboxylic acids is 1. The zero-order chi connectivity index (χ0) is 15.2. The molecule has 0 saturated carbocycles. The summed E-state index contributed by atoms with van der Waals surface area (Å²) < 4.78 is 10.8. The Morgan fingerprint density at radius 1 is 1.24 bits per heavy atom. The fourth-order valence-corrected chi connectivity index (χ4v) is 2.38. The van der Waals surface area contributed by atoms with Gasteiger partial charge in [-0.25, -0.2) is 0 Å². The molecular formula is C16H24N2O3. The van der Waals surface area contributed by atoms with Crippen LogP contribution in [0, 0.1) is 0 Å². The number of amides is 1. The predicted molar refractivity (Wildman–Crippen MR) is 81.7 cm³/mol. The third-order valence-electron chi connectivity index (χ3n) is 3.81. The van der Waals surface area contributed by atoms with E-state index in [-0.39, 0.29) is 11.9 Å². The number of nitrogens with zero attached hydrogens (tertiary/aromatic N) is 1. The summed E-state index contributed by atoms with van der Waals surface area (Å²) in [5, 5.41) is 3.07. The number of hydrogen-bond donors (Lipinski definition) is 1. The molecule has 1 heterocycles. The van der Waals surface area contributed by atoms with Gasteiger partial charge in [0, 0.05) is 6.04 Å². The van der Waals surface area contributed by atoms with Crippen LogP contribution < -0.4 is 14.8 Å². The summed E-state index contributed by atoms with van der Waals surface area (Å²) >= 11 is 0. The van der Waals surface area contributed by atoms with Gasteiger partial charge in [-0.3, -0.25) is 4.79 Å². The second-order valence-corrected chi connectivity index (χ2v) is 5.52. The minimum absolute atomic E-state index is 0.0552. The summed E-state index contributed by atoms with van der Waals surface area (Å²) in [5.74, 6) is 1.38. The highest BCUT2D eigenvalue weighted by atomic mass is 16.5. The molecule has 0 bridgehead atoms. The maximum Gasteiger partial charge on any atom is 0.260 e. The Bertz CT molecular complexity index is 453. The Hall–Kier alpha value is -1.75. The fourth-order valence-electron chi connectivity index (χ4n) is 2.38. The molecule has 2 rings (SSSR count). The highest BCUT2D eigenvalue weighted by Crippen LogP contribution is 2.18. The maximum absolute atomic E-state index is 12.1. The number of benzene rings is 1. The van der Waals surface area contributed by atoms with Crippen molar-refractivity contribution in [2.45, 2.75) is 31.9 Å². The quantitative estimate of drug-likeness (QED) is 0.897. The third kappa shape index (κ3) is 4.63. The smallest absolute Gasteiger partial charge is 0.260 e. The second-order valence-electron chi connectivity index (χ2n) is 5.52. The Morgan fingerprint density at radius 2 is 1.81 bits per heavy atom. The number of rotatable bonds is 5. The first-order valence-corrected chi connectivity index (χ1v) is 7.38. The van der Waals surface area contributed by atoms with Gasteiger partial charge >= 0.3 is 0 Å². The fraction of sp³-hybridized carbons (Fsp3) is 0.562. The molecule has 0 radical (unpaired) electrons. The minimum atomic E-state index is -0.502. The zero-order valence-electron chi connectivity index (χ0n) is 13.0. The predicted octanol–water partition coefficient (Wildman–Crippen LogP) is 1.67. The van der Waals surface area contributed by atoms with E-state index >= 15 is 0 Å². The zero-order valence-corrected chi connectivity index (χ0v) is 13.0. The van der Waals surface area contributed by atoms with Gasteiger partial charge in [-0.1, -0.05) is 0 Å². The lowest BCUT2D eigenvalue weighted by Crippen LogP contribution is -2.47. The molecule has 0 spiro atoms. The number of likely N-dealkylation sites (tertiary alicyclic amines) is 1. The van der Waals surface area contributed by atoms with Gasteiger partial charge in [0.25, 0.3) is 5.91 Å². The normalized spacial score (nSPS) is 18.0. The van der Waals surface area contributed by atoms with Crippen LogP contribution in [-0.2, 0) is 4.79 Å². The Balaban J connectivity index is 1.81. The van der Waals surface area contributed by atoms with Crippen LogP contribution in [0.2, 0.25) is 0 Å². The Labute approximate surface area is 126 Å². The van der Waals surface area contributed by atoms with Crippen LogP contribution in [0.5, 0.6) is 11.5 Å². The largest absolute Gasteiger partial charge is 0.497 e. The van der Waals surface area contributed by atoms with Gasteiger partial charge in [0.15, 0.2) is 6.10 Å². The number of hydrogen-bond acceptors (Lipinski definition) is 4. The molecule has 1 amide bonds. The minimum Gasteiger partial charge on any atom is -0.497 e. The van der Waals surface area contributed by atoms with Gasteiger partial charge in [-0.05, 0) is 64.2 Å². The molecule has 1 aliphatic rings. The number of carbonyl (C=O) groups is 1. The van der Waals surface area contributed by atoms with Crippen molar-refractivity contribution in [2.24, 2.45) is 0 Å². The first kappa shape index (κ1) is 15.6. The van der Waals surface area contributed by atoms with Crippen LogP contribution in [0.1, 0.15) is 19.8 Å². The topological polar surface area (TPSA) is 50.8 Å². The first-order valence-electron chi connectivity index (χ1n) is 7.38. The van der Waals surface area contributed by atoms with Crippen LogP contribution in [0.25, 0.3) is 0 Å². The molecular weight excluding hydrogens is 268 g/mol. The molecule has 1 atom stereocenters. The van der Waals surface area contributed by atoms with E-state index in [9.17, 15) is 4.79 Å². The summed E-state index contributed by atoms with van der Waals surface area (Å²) in [6.45, 7) is 3.83. The van der Waals surface area contributed by atoms with Crippen molar-refractivity contribution in [3.63, 3.8) is 0 Å². The number of ether oxygens (including phenoxy) is 2. The molecule has 5 heteroatoms. The average molecular weight is 292 g/mol. The summed E-state index contributed by atoms with van der Waals surface area (Å²) in [6.07, 6.45) is 1.49. The van der Waals surface area contributed by atoms with E-state index in [0.717, 1.165) is 31.7 Å². The summed E-state index contributed by atoms with van der Waals surface area (Å²) in [5.41, 5.74) is 0. The van der Waals surface area contributed by atoms with Crippen LogP contribution in [0.3, 0.4) is 0 Å². The molecule has 0 aliphatic carbocycles. The van der Waals surface area contributed by atoms with E-state index in [1.165, 1.54) is 0 Å². The van der Waals surface area contributed by atoms with Crippen LogP contribution >= 0.6 is 0 Å². The number of piperidine rings is 1. The highest BCUT2D eigenvalue weighted by Gasteiger charge is 2.22. The van der Waals surface area contributed by atoms with Gasteiger partial charge < -0.3 is 19.7 Å². The number of methoxy groups -OCH3 is 1. The SMILES string of the molecule is COc1ccc(O[C@H](C)C(=O)NC2CCN(C)CC2)cc1. The lowest BCUT2D eigenvalue weighted by molar-refractivity contribution is -0.128. The Kier molecular flexibility index (Phi) is 5.44. The third-order valence-corrected chi connectivity index (χ3v) is 3.81. The van der Waals surface area contributed by atoms with E-state index in [4.69, 9.17) is 9.47 Å². The second kappa shape index (κ2) is 7.31. The monoisotopic (exact) mass is 292 g/mol. The van der Waals surface area contributed by atoms with E-state index in [0.29, 0.717) is 5.75 Å². The van der Waals surface area contributed by atoms with E-state index in [2.05, 4.69) is 17.3 Å². The van der Waals surface area contributed by atoms with Gasteiger partial charge in [0.2, 0.25) is 0 Å². The van der Waals surface area contributed by atoms with Gasteiger partial charge in [-0.2, -0.15) is 0 Å². The van der Waals surface area contributed by atoms with Gasteiger partial charge in [0.1, 0.15) is 11.5 Å². The van der Waals surface area contributed by atoms with E-state index in [1.807, 2.05) is 12.1 Å². The molecule has 21 heavy (non-hydrogen) atoms. The lowest BCUT2D eigenvalue weighted by Gasteiger charge is -2.30. The lowest BCUT2D eigenvalue weighted by atomic mass is 10.1.